The average molecular weight is 330 g/mol. The number of rotatable bonds is 1. The van der Waals surface area contributed by atoms with Crippen LogP contribution in [0.25, 0.3) is 11.1 Å². The summed E-state index contributed by atoms with van der Waals surface area (Å²) in [5.74, 6) is 5.30. The fraction of sp³-hybridized carbons (Fsp3) is 0. The highest BCUT2D eigenvalue weighted by Crippen LogP contribution is 2.30. The summed E-state index contributed by atoms with van der Waals surface area (Å²) in [6.45, 7) is 0. The predicted octanol–water partition coefficient (Wildman–Crippen LogP) is 1.32. The highest BCUT2D eigenvalue weighted by molar-refractivity contribution is 9.10. The molecule has 0 radical (unpaired) electrons. The standard InChI is InChI=1S/C13H8BrN5O/c14-8-3-1-2-7(4-8)11-9(5-15)12(17)19(18)13(20)10(11)6-16/h1-4H,17-18H2. The number of anilines is 1. The molecule has 6 nitrogen and oxygen atoms in total. The van der Waals surface area contributed by atoms with Crippen molar-refractivity contribution < 1.29 is 0 Å². The molecule has 2 aromatic rings. The maximum atomic E-state index is 12.0. The monoisotopic (exact) mass is 329 g/mol. The molecule has 1 aromatic heterocycles. The van der Waals surface area contributed by atoms with Crippen LogP contribution in [-0.4, -0.2) is 4.68 Å². The number of benzene rings is 1. The van der Waals surface area contributed by atoms with Gasteiger partial charge < -0.3 is 11.6 Å². The van der Waals surface area contributed by atoms with Crippen molar-refractivity contribution >= 4 is 21.7 Å². The number of nitrogens with zero attached hydrogens (tertiary/aromatic N) is 3. The van der Waals surface area contributed by atoms with E-state index in [0.29, 0.717) is 10.2 Å². The third-order valence-corrected chi connectivity index (χ3v) is 3.28. The fourth-order valence-corrected chi connectivity index (χ4v) is 2.26. The Bertz CT molecular complexity index is 842. The zero-order valence-corrected chi connectivity index (χ0v) is 11.7. The Balaban J connectivity index is 3.00. The second-order valence-corrected chi connectivity index (χ2v) is 4.84. The zero-order chi connectivity index (χ0) is 14.9. The highest BCUT2D eigenvalue weighted by Gasteiger charge is 2.20. The number of halogens is 1. The maximum absolute atomic E-state index is 12.0. The Morgan fingerprint density at radius 3 is 2.40 bits per heavy atom. The van der Waals surface area contributed by atoms with Crippen molar-refractivity contribution in [3.63, 3.8) is 0 Å². The first-order valence-corrected chi connectivity index (χ1v) is 6.20. The maximum Gasteiger partial charge on any atom is 0.289 e. The van der Waals surface area contributed by atoms with E-state index in [-0.39, 0.29) is 22.5 Å². The molecule has 0 aliphatic rings. The molecule has 0 amide bonds. The van der Waals surface area contributed by atoms with E-state index in [9.17, 15) is 15.3 Å². The molecule has 0 saturated carbocycles. The van der Waals surface area contributed by atoms with Crippen molar-refractivity contribution in [1.82, 2.24) is 4.68 Å². The van der Waals surface area contributed by atoms with Crippen molar-refractivity contribution in [3.8, 4) is 23.3 Å². The van der Waals surface area contributed by atoms with Crippen LogP contribution in [-0.2, 0) is 0 Å². The van der Waals surface area contributed by atoms with Crippen molar-refractivity contribution in [2.24, 2.45) is 0 Å². The van der Waals surface area contributed by atoms with E-state index in [1.54, 1.807) is 30.3 Å². The number of hydrogen-bond donors (Lipinski definition) is 2. The van der Waals surface area contributed by atoms with Gasteiger partial charge in [0.2, 0.25) is 0 Å². The average Bonchev–Trinajstić information content (AvgIpc) is 2.44. The fourth-order valence-electron chi connectivity index (χ4n) is 1.86. The van der Waals surface area contributed by atoms with Crippen molar-refractivity contribution in [2.75, 3.05) is 11.6 Å². The quantitative estimate of drug-likeness (QED) is 0.764. The van der Waals surface area contributed by atoms with E-state index in [4.69, 9.17) is 11.6 Å². The van der Waals surface area contributed by atoms with Gasteiger partial charge in [0.1, 0.15) is 29.1 Å². The number of nitrogen functional groups attached to an aromatic ring is 2. The number of pyridine rings is 1. The van der Waals surface area contributed by atoms with Gasteiger partial charge in [-0.15, -0.1) is 0 Å². The van der Waals surface area contributed by atoms with Gasteiger partial charge in [-0.05, 0) is 17.7 Å². The van der Waals surface area contributed by atoms with Gasteiger partial charge >= 0.3 is 0 Å². The van der Waals surface area contributed by atoms with Crippen LogP contribution in [0.4, 0.5) is 5.82 Å². The van der Waals surface area contributed by atoms with Crippen LogP contribution < -0.4 is 17.1 Å². The SMILES string of the molecule is N#Cc1c(-c2cccc(Br)c2)c(C#N)c(=O)n(N)c1N. The molecule has 98 valence electrons. The largest absolute Gasteiger partial charge is 0.382 e. The normalized spacial score (nSPS) is 9.75. The molecule has 4 N–H and O–H groups in total. The van der Waals surface area contributed by atoms with Gasteiger partial charge in [0.15, 0.2) is 0 Å². The molecule has 1 heterocycles. The van der Waals surface area contributed by atoms with Crippen LogP contribution in [0.2, 0.25) is 0 Å². The lowest BCUT2D eigenvalue weighted by Gasteiger charge is -2.12. The summed E-state index contributed by atoms with van der Waals surface area (Å²) in [5.41, 5.74) is 5.47. The Kier molecular flexibility index (Phi) is 3.47. The molecule has 0 aliphatic heterocycles. The molecule has 1 aromatic carbocycles. The molecule has 0 unspecified atom stereocenters. The Labute approximate surface area is 122 Å². The van der Waals surface area contributed by atoms with E-state index in [0.717, 1.165) is 4.47 Å². The van der Waals surface area contributed by atoms with E-state index >= 15 is 0 Å². The lowest BCUT2D eigenvalue weighted by molar-refractivity contribution is 0.942. The van der Waals surface area contributed by atoms with E-state index in [1.807, 2.05) is 6.07 Å². The second-order valence-electron chi connectivity index (χ2n) is 3.92. The molecule has 0 bridgehead atoms. The summed E-state index contributed by atoms with van der Waals surface area (Å²) in [5, 5.41) is 18.4. The van der Waals surface area contributed by atoms with Crippen LogP contribution in [0.15, 0.2) is 33.5 Å². The van der Waals surface area contributed by atoms with Crippen LogP contribution in [0.1, 0.15) is 11.1 Å². The zero-order valence-electron chi connectivity index (χ0n) is 10.1. The minimum absolute atomic E-state index is 0.00162. The van der Waals surface area contributed by atoms with Crippen LogP contribution in [0, 0.1) is 22.7 Å². The molecule has 7 heteroatoms. The highest BCUT2D eigenvalue weighted by atomic mass is 79.9. The second kappa shape index (κ2) is 5.08. The summed E-state index contributed by atoms with van der Waals surface area (Å²) in [7, 11) is 0. The first-order valence-electron chi connectivity index (χ1n) is 5.41. The van der Waals surface area contributed by atoms with Gasteiger partial charge in [0.25, 0.3) is 5.56 Å². The number of nitriles is 2. The van der Waals surface area contributed by atoms with Gasteiger partial charge in [-0.1, -0.05) is 28.1 Å². The molecule has 0 fully saturated rings. The third-order valence-electron chi connectivity index (χ3n) is 2.79. The van der Waals surface area contributed by atoms with E-state index in [1.165, 1.54) is 0 Å². The first-order chi connectivity index (χ1) is 9.51. The van der Waals surface area contributed by atoms with E-state index < -0.39 is 5.56 Å². The van der Waals surface area contributed by atoms with Crippen molar-refractivity contribution in [3.05, 3.63) is 50.2 Å². The predicted molar refractivity (Wildman–Crippen MR) is 77.8 cm³/mol. The molecule has 0 saturated heterocycles. The minimum Gasteiger partial charge on any atom is -0.382 e. The van der Waals surface area contributed by atoms with Crippen LogP contribution in [0.5, 0.6) is 0 Å². The lowest BCUT2D eigenvalue weighted by atomic mass is 9.97. The molecular formula is C13H8BrN5O. The Morgan fingerprint density at radius 2 is 1.85 bits per heavy atom. The number of hydrogen-bond acceptors (Lipinski definition) is 5. The first kappa shape index (κ1) is 13.7. The molecule has 0 aliphatic carbocycles. The van der Waals surface area contributed by atoms with Gasteiger partial charge in [-0.3, -0.25) is 4.79 Å². The summed E-state index contributed by atoms with van der Waals surface area (Å²) in [4.78, 5) is 12.0. The molecule has 20 heavy (non-hydrogen) atoms. The van der Waals surface area contributed by atoms with Crippen LogP contribution in [0.3, 0.4) is 0 Å². The van der Waals surface area contributed by atoms with E-state index in [2.05, 4.69) is 15.9 Å². The van der Waals surface area contributed by atoms with Crippen LogP contribution >= 0.6 is 15.9 Å². The van der Waals surface area contributed by atoms with Gasteiger partial charge in [0, 0.05) is 10.0 Å². The molecule has 0 atom stereocenters. The summed E-state index contributed by atoms with van der Waals surface area (Å²) < 4.78 is 1.36. The summed E-state index contributed by atoms with van der Waals surface area (Å²) in [6, 6.07) is 10.6. The molecular weight excluding hydrogens is 322 g/mol. The van der Waals surface area contributed by atoms with Crippen molar-refractivity contribution in [2.45, 2.75) is 0 Å². The lowest BCUT2D eigenvalue weighted by Crippen LogP contribution is -2.33. The van der Waals surface area contributed by atoms with Gasteiger partial charge in [0.05, 0.1) is 0 Å². The summed E-state index contributed by atoms with van der Waals surface area (Å²) >= 11 is 3.30. The van der Waals surface area contributed by atoms with Gasteiger partial charge in [-0.2, -0.15) is 10.5 Å². The molecule has 0 spiro atoms. The molecule has 2 rings (SSSR count). The smallest absolute Gasteiger partial charge is 0.289 e. The summed E-state index contributed by atoms with van der Waals surface area (Å²) in [6.07, 6.45) is 0. The topological polar surface area (TPSA) is 122 Å². The Morgan fingerprint density at radius 1 is 1.20 bits per heavy atom. The number of aromatic nitrogens is 1. The van der Waals surface area contributed by atoms with Crippen molar-refractivity contribution in [1.29, 1.82) is 10.5 Å². The third kappa shape index (κ3) is 2.00. The van der Waals surface area contributed by atoms with Gasteiger partial charge in [-0.25, -0.2) is 4.68 Å². The Hall–Kier alpha value is -2.77. The minimum atomic E-state index is -0.737. The number of nitrogens with two attached hydrogens (primary N) is 2.